The van der Waals surface area contributed by atoms with E-state index in [9.17, 15) is 9.90 Å². The van der Waals surface area contributed by atoms with Gasteiger partial charge in [0.05, 0.1) is 30.2 Å². The van der Waals surface area contributed by atoms with Crippen LogP contribution in [0.2, 0.25) is 0 Å². The lowest BCUT2D eigenvalue weighted by atomic mass is 9.89. The molecule has 0 saturated heterocycles. The first-order valence-corrected chi connectivity index (χ1v) is 9.80. The van der Waals surface area contributed by atoms with Gasteiger partial charge in [0.25, 0.3) is 0 Å². The standard InChI is InChI=1S/C23H24N4O3/c1-14-21(25-17-7-5-4-6-8-17)22-19(27(15(2)28)23(14)29)11-10-18(26-22)16-9-12-20(30-3)24-13-16/h4-14,21,23,25,29H,1-3H3/t14-,21-,23+/m1/s1. The second kappa shape index (κ2) is 8.12. The number of hydrogen-bond acceptors (Lipinski definition) is 6. The Kier molecular flexibility index (Phi) is 5.37. The third-order valence-electron chi connectivity index (χ3n) is 5.39. The number of aliphatic hydroxyl groups excluding tert-OH is 1. The van der Waals surface area contributed by atoms with Crippen molar-refractivity contribution in [3.63, 3.8) is 0 Å². The van der Waals surface area contributed by atoms with Gasteiger partial charge in [-0.3, -0.25) is 9.69 Å². The van der Waals surface area contributed by atoms with E-state index >= 15 is 0 Å². The number of hydrogen-bond donors (Lipinski definition) is 2. The summed E-state index contributed by atoms with van der Waals surface area (Å²) in [6.07, 6.45) is 0.753. The van der Waals surface area contributed by atoms with Crippen LogP contribution in [0.5, 0.6) is 5.88 Å². The number of benzene rings is 1. The van der Waals surface area contributed by atoms with E-state index in [-0.39, 0.29) is 17.9 Å². The number of nitrogens with one attached hydrogen (secondary N) is 1. The summed E-state index contributed by atoms with van der Waals surface area (Å²) in [6, 6.07) is 16.8. The molecule has 3 aromatic rings. The Bertz CT molecular complexity index is 1040. The predicted molar refractivity (Wildman–Crippen MR) is 115 cm³/mol. The maximum absolute atomic E-state index is 12.3. The molecule has 1 aliphatic heterocycles. The number of fused-ring (bicyclic) bond motifs is 1. The van der Waals surface area contributed by atoms with E-state index in [4.69, 9.17) is 9.72 Å². The van der Waals surface area contributed by atoms with Crippen LogP contribution < -0.4 is 15.0 Å². The molecule has 2 aromatic heterocycles. The second-order valence-electron chi connectivity index (χ2n) is 7.34. The molecular formula is C23H24N4O3. The van der Waals surface area contributed by atoms with Crippen molar-refractivity contribution in [2.45, 2.75) is 26.1 Å². The fraction of sp³-hybridized carbons (Fsp3) is 0.261. The SMILES string of the molecule is COc1ccc(-c2ccc3c(n2)[C@H](Nc2ccccc2)[C@@H](C)[C@H](O)N3C(C)=O)cn1. The molecule has 0 fully saturated rings. The smallest absolute Gasteiger partial charge is 0.226 e. The Morgan fingerprint density at radius 1 is 1.13 bits per heavy atom. The van der Waals surface area contributed by atoms with Gasteiger partial charge in [0.1, 0.15) is 6.23 Å². The first kappa shape index (κ1) is 19.8. The number of pyridine rings is 2. The van der Waals surface area contributed by atoms with Crippen molar-refractivity contribution in [1.29, 1.82) is 0 Å². The van der Waals surface area contributed by atoms with Gasteiger partial charge in [0.15, 0.2) is 0 Å². The lowest BCUT2D eigenvalue weighted by molar-refractivity contribution is -0.119. The van der Waals surface area contributed by atoms with E-state index in [1.54, 1.807) is 19.4 Å². The number of amides is 1. The quantitative estimate of drug-likeness (QED) is 0.691. The topological polar surface area (TPSA) is 87.6 Å². The van der Waals surface area contributed by atoms with E-state index in [1.165, 1.54) is 11.8 Å². The second-order valence-corrected chi connectivity index (χ2v) is 7.34. The molecule has 0 spiro atoms. The Hall–Kier alpha value is -3.45. The number of methoxy groups -OCH3 is 1. The third-order valence-corrected chi connectivity index (χ3v) is 5.39. The number of aliphatic hydroxyl groups is 1. The molecule has 0 saturated carbocycles. The lowest BCUT2D eigenvalue weighted by Crippen LogP contribution is -2.50. The van der Waals surface area contributed by atoms with Crippen LogP contribution in [0.1, 0.15) is 25.6 Å². The van der Waals surface area contributed by atoms with Crippen LogP contribution in [-0.4, -0.2) is 34.3 Å². The Labute approximate surface area is 175 Å². The van der Waals surface area contributed by atoms with Gasteiger partial charge in [-0.25, -0.2) is 9.97 Å². The number of rotatable bonds is 4. The number of ether oxygens (including phenoxy) is 1. The molecule has 0 aliphatic carbocycles. The molecule has 1 aromatic carbocycles. The molecule has 2 N–H and O–H groups in total. The van der Waals surface area contributed by atoms with Gasteiger partial charge in [-0.2, -0.15) is 0 Å². The molecule has 0 radical (unpaired) electrons. The summed E-state index contributed by atoms with van der Waals surface area (Å²) in [7, 11) is 1.57. The van der Waals surface area contributed by atoms with E-state index in [0.29, 0.717) is 17.3 Å². The van der Waals surface area contributed by atoms with Crippen LogP contribution in [0.15, 0.2) is 60.8 Å². The lowest BCUT2D eigenvalue weighted by Gasteiger charge is -2.42. The summed E-state index contributed by atoms with van der Waals surface area (Å²) in [5.74, 6) is 0.0209. The minimum Gasteiger partial charge on any atom is -0.481 e. The first-order valence-electron chi connectivity index (χ1n) is 9.80. The van der Waals surface area contributed by atoms with Crippen molar-refractivity contribution in [2.75, 3.05) is 17.3 Å². The molecule has 1 amide bonds. The molecule has 3 heterocycles. The van der Waals surface area contributed by atoms with Crippen LogP contribution >= 0.6 is 0 Å². The van der Waals surface area contributed by atoms with Crippen molar-refractivity contribution in [3.05, 3.63) is 66.5 Å². The summed E-state index contributed by atoms with van der Waals surface area (Å²) in [4.78, 5) is 22.9. The number of aromatic nitrogens is 2. The van der Waals surface area contributed by atoms with Crippen LogP contribution in [0.3, 0.4) is 0 Å². The van der Waals surface area contributed by atoms with Gasteiger partial charge in [0, 0.05) is 36.4 Å². The molecule has 7 heteroatoms. The maximum atomic E-state index is 12.3. The van der Waals surface area contributed by atoms with Crippen molar-refractivity contribution >= 4 is 17.3 Å². The van der Waals surface area contributed by atoms with Crippen LogP contribution in [0, 0.1) is 5.92 Å². The third kappa shape index (κ3) is 3.59. The highest BCUT2D eigenvalue weighted by Crippen LogP contribution is 2.41. The molecule has 30 heavy (non-hydrogen) atoms. The average molecular weight is 404 g/mol. The van der Waals surface area contributed by atoms with Gasteiger partial charge in [-0.15, -0.1) is 0 Å². The summed E-state index contributed by atoms with van der Waals surface area (Å²) in [6.45, 7) is 3.36. The van der Waals surface area contributed by atoms with Crippen LogP contribution in [-0.2, 0) is 4.79 Å². The highest BCUT2D eigenvalue weighted by molar-refractivity contribution is 5.93. The summed E-state index contributed by atoms with van der Waals surface area (Å²) >= 11 is 0. The number of carbonyl (C=O) groups is 1. The highest BCUT2D eigenvalue weighted by atomic mass is 16.5. The molecule has 154 valence electrons. The Morgan fingerprint density at radius 2 is 1.90 bits per heavy atom. The average Bonchev–Trinajstić information content (AvgIpc) is 2.77. The molecule has 1 aliphatic rings. The van der Waals surface area contributed by atoms with Gasteiger partial charge in [0.2, 0.25) is 11.8 Å². The number of para-hydroxylation sites is 1. The van der Waals surface area contributed by atoms with E-state index in [1.807, 2.05) is 55.5 Å². The zero-order chi connectivity index (χ0) is 21.3. The molecule has 7 nitrogen and oxygen atoms in total. The van der Waals surface area contributed by atoms with Crippen molar-refractivity contribution in [3.8, 4) is 17.1 Å². The van der Waals surface area contributed by atoms with E-state index < -0.39 is 6.23 Å². The molecule has 0 unspecified atom stereocenters. The fourth-order valence-corrected chi connectivity index (χ4v) is 3.78. The summed E-state index contributed by atoms with van der Waals surface area (Å²) < 4.78 is 5.13. The zero-order valence-electron chi connectivity index (χ0n) is 17.1. The van der Waals surface area contributed by atoms with Crippen LogP contribution in [0.25, 0.3) is 11.3 Å². The van der Waals surface area contributed by atoms with Gasteiger partial charge in [-0.05, 0) is 30.3 Å². The van der Waals surface area contributed by atoms with Crippen molar-refractivity contribution < 1.29 is 14.6 Å². The molecular weight excluding hydrogens is 380 g/mol. The zero-order valence-corrected chi connectivity index (χ0v) is 17.1. The van der Waals surface area contributed by atoms with Gasteiger partial charge >= 0.3 is 0 Å². The largest absolute Gasteiger partial charge is 0.481 e. The maximum Gasteiger partial charge on any atom is 0.226 e. The number of nitrogens with zero attached hydrogens (tertiary/aromatic N) is 3. The fourth-order valence-electron chi connectivity index (χ4n) is 3.78. The predicted octanol–water partition coefficient (Wildman–Crippen LogP) is 3.63. The Balaban J connectivity index is 1.81. The van der Waals surface area contributed by atoms with Gasteiger partial charge < -0.3 is 15.2 Å². The molecule has 3 atom stereocenters. The van der Waals surface area contributed by atoms with E-state index in [0.717, 1.165) is 16.9 Å². The monoisotopic (exact) mass is 404 g/mol. The number of carbonyl (C=O) groups excluding carboxylic acids is 1. The molecule has 4 rings (SSSR count). The van der Waals surface area contributed by atoms with Crippen molar-refractivity contribution in [1.82, 2.24) is 9.97 Å². The summed E-state index contributed by atoms with van der Waals surface area (Å²) in [5, 5.41) is 14.3. The first-order chi connectivity index (χ1) is 14.5. The van der Waals surface area contributed by atoms with Crippen molar-refractivity contribution in [2.24, 2.45) is 5.92 Å². The normalized spacial score (nSPS) is 20.4. The van der Waals surface area contributed by atoms with Crippen LogP contribution in [0.4, 0.5) is 11.4 Å². The Morgan fingerprint density at radius 3 is 2.53 bits per heavy atom. The number of anilines is 2. The van der Waals surface area contributed by atoms with Gasteiger partial charge in [-0.1, -0.05) is 25.1 Å². The summed E-state index contributed by atoms with van der Waals surface area (Å²) in [5.41, 5.74) is 3.80. The van der Waals surface area contributed by atoms with E-state index in [2.05, 4.69) is 10.3 Å². The molecule has 0 bridgehead atoms. The highest BCUT2D eigenvalue weighted by Gasteiger charge is 2.40. The minimum absolute atomic E-state index is 0.227. The minimum atomic E-state index is -0.952.